The third kappa shape index (κ3) is 3.82. The Balaban J connectivity index is 1.97. The predicted molar refractivity (Wildman–Crippen MR) is 94.2 cm³/mol. The van der Waals surface area contributed by atoms with E-state index in [-0.39, 0.29) is 22.0 Å². The van der Waals surface area contributed by atoms with Gasteiger partial charge in [0.15, 0.2) is 11.6 Å². The fourth-order valence-electron chi connectivity index (χ4n) is 2.86. The van der Waals surface area contributed by atoms with Crippen molar-refractivity contribution in [1.82, 2.24) is 15.1 Å². The molecule has 3 rings (SSSR count). The highest BCUT2D eigenvalue weighted by Gasteiger charge is 2.31. The smallest absolute Gasteiger partial charge is 0.333 e. The van der Waals surface area contributed by atoms with Crippen LogP contribution in [0, 0.1) is 11.6 Å². The van der Waals surface area contributed by atoms with Crippen LogP contribution in [0.15, 0.2) is 41.2 Å². The average molecular weight is 411 g/mol. The van der Waals surface area contributed by atoms with Crippen LogP contribution < -0.4 is 5.56 Å². The standard InChI is InChI=1S/C19H14F5N3O2/c1-9(16-12-7-14(20)15(21)8-13(12)17(28)26-25-16)27(2)18(29)10-3-5-11(6-4-10)19(22,23)24/h3-9H,1-2H3,(H,26,28)/t9-/m0/s1. The molecule has 0 radical (unpaired) electrons. The lowest BCUT2D eigenvalue weighted by Crippen LogP contribution is -2.31. The van der Waals surface area contributed by atoms with Crippen LogP contribution in [0.4, 0.5) is 22.0 Å². The molecule has 0 fully saturated rings. The molecule has 3 aromatic rings. The summed E-state index contributed by atoms with van der Waals surface area (Å²) in [6.45, 7) is 1.53. The quantitative estimate of drug-likeness (QED) is 0.662. The van der Waals surface area contributed by atoms with Gasteiger partial charge in [-0.25, -0.2) is 13.9 Å². The number of carbonyl (C=O) groups is 1. The van der Waals surface area contributed by atoms with Gasteiger partial charge in [-0.1, -0.05) is 0 Å². The van der Waals surface area contributed by atoms with E-state index < -0.39 is 40.9 Å². The van der Waals surface area contributed by atoms with Gasteiger partial charge in [-0.15, -0.1) is 0 Å². The number of halogens is 5. The first-order chi connectivity index (χ1) is 13.5. The van der Waals surface area contributed by atoms with E-state index in [0.717, 1.165) is 36.4 Å². The Hall–Kier alpha value is -3.30. The largest absolute Gasteiger partial charge is 0.416 e. The Labute approximate surface area is 160 Å². The van der Waals surface area contributed by atoms with Crippen LogP contribution in [-0.4, -0.2) is 28.1 Å². The Morgan fingerprint density at radius 1 is 1.07 bits per heavy atom. The number of nitrogens with one attached hydrogen (secondary N) is 1. The number of nitrogens with zero attached hydrogens (tertiary/aromatic N) is 2. The van der Waals surface area contributed by atoms with Gasteiger partial charge in [0, 0.05) is 18.0 Å². The fourth-order valence-corrected chi connectivity index (χ4v) is 2.86. The zero-order chi connectivity index (χ0) is 21.5. The predicted octanol–water partition coefficient (Wildman–Crippen LogP) is 4.05. The Morgan fingerprint density at radius 3 is 2.17 bits per heavy atom. The number of fused-ring (bicyclic) bond motifs is 1. The molecule has 1 atom stereocenters. The van der Waals surface area contributed by atoms with E-state index in [1.807, 2.05) is 0 Å². The van der Waals surface area contributed by atoms with Crippen LogP contribution in [0.3, 0.4) is 0 Å². The van der Waals surface area contributed by atoms with Gasteiger partial charge >= 0.3 is 6.18 Å². The van der Waals surface area contributed by atoms with Crippen LogP contribution in [0.1, 0.15) is 34.6 Å². The Morgan fingerprint density at radius 2 is 1.62 bits per heavy atom. The number of rotatable bonds is 3. The first kappa shape index (κ1) is 20.4. The number of H-pyrrole nitrogens is 1. The zero-order valence-corrected chi connectivity index (χ0v) is 15.1. The first-order valence-corrected chi connectivity index (χ1v) is 8.32. The minimum Gasteiger partial charge on any atom is -0.333 e. The number of hydrogen-bond donors (Lipinski definition) is 1. The highest BCUT2D eigenvalue weighted by Crippen LogP contribution is 2.30. The lowest BCUT2D eigenvalue weighted by Gasteiger charge is -2.25. The van der Waals surface area contributed by atoms with Crippen molar-refractivity contribution in [1.29, 1.82) is 0 Å². The van der Waals surface area contributed by atoms with Gasteiger partial charge in [-0.2, -0.15) is 18.3 Å². The van der Waals surface area contributed by atoms with E-state index in [9.17, 15) is 31.5 Å². The van der Waals surface area contributed by atoms with Crippen molar-refractivity contribution in [2.24, 2.45) is 0 Å². The lowest BCUT2D eigenvalue weighted by atomic mass is 10.0. The number of carbonyl (C=O) groups excluding carboxylic acids is 1. The summed E-state index contributed by atoms with van der Waals surface area (Å²) in [4.78, 5) is 25.7. The van der Waals surface area contributed by atoms with Crippen molar-refractivity contribution in [2.45, 2.75) is 19.1 Å². The lowest BCUT2D eigenvalue weighted by molar-refractivity contribution is -0.137. The minimum atomic E-state index is -4.53. The molecule has 0 saturated heterocycles. The van der Waals surface area contributed by atoms with Gasteiger partial charge in [0.25, 0.3) is 11.5 Å². The van der Waals surface area contributed by atoms with Crippen LogP contribution in [0.5, 0.6) is 0 Å². The molecule has 1 heterocycles. The number of aromatic nitrogens is 2. The van der Waals surface area contributed by atoms with Crippen molar-refractivity contribution in [3.05, 3.63) is 75.2 Å². The maximum absolute atomic E-state index is 13.7. The van der Waals surface area contributed by atoms with E-state index in [0.29, 0.717) is 0 Å². The zero-order valence-electron chi connectivity index (χ0n) is 15.1. The molecule has 0 unspecified atom stereocenters. The molecule has 5 nitrogen and oxygen atoms in total. The summed E-state index contributed by atoms with van der Waals surface area (Å²) in [5, 5.41) is 5.90. The second kappa shape index (κ2) is 7.26. The van der Waals surface area contributed by atoms with Crippen LogP contribution >= 0.6 is 0 Å². The normalized spacial score (nSPS) is 12.8. The molecule has 0 spiro atoms. The summed E-state index contributed by atoms with van der Waals surface area (Å²) < 4.78 is 65.2. The van der Waals surface area contributed by atoms with Gasteiger partial charge in [-0.3, -0.25) is 9.59 Å². The topological polar surface area (TPSA) is 66.1 Å². The summed E-state index contributed by atoms with van der Waals surface area (Å²) in [6.07, 6.45) is -4.53. The van der Waals surface area contributed by atoms with Gasteiger partial charge in [0.2, 0.25) is 0 Å². The fraction of sp³-hybridized carbons (Fsp3) is 0.211. The second-order valence-corrected chi connectivity index (χ2v) is 6.42. The summed E-state index contributed by atoms with van der Waals surface area (Å²) in [6, 6.07) is 4.40. The molecular weight excluding hydrogens is 397 g/mol. The minimum absolute atomic E-state index is 0.00157. The van der Waals surface area contributed by atoms with Crippen molar-refractivity contribution in [3.63, 3.8) is 0 Å². The van der Waals surface area contributed by atoms with Crippen molar-refractivity contribution < 1.29 is 26.7 Å². The van der Waals surface area contributed by atoms with Gasteiger partial charge < -0.3 is 4.90 Å². The second-order valence-electron chi connectivity index (χ2n) is 6.42. The molecule has 0 aliphatic rings. The van der Waals surface area contributed by atoms with E-state index in [4.69, 9.17) is 0 Å². The highest BCUT2D eigenvalue weighted by molar-refractivity contribution is 5.94. The van der Waals surface area contributed by atoms with E-state index in [1.165, 1.54) is 18.9 Å². The first-order valence-electron chi connectivity index (χ1n) is 8.32. The number of aromatic amines is 1. The van der Waals surface area contributed by atoms with Crippen molar-refractivity contribution >= 4 is 16.7 Å². The Kier molecular flexibility index (Phi) is 5.12. The molecule has 0 bridgehead atoms. The molecule has 0 aliphatic carbocycles. The van der Waals surface area contributed by atoms with Gasteiger partial charge in [-0.05, 0) is 43.3 Å². The van der Waals surface area contributed by atoms with Crippen molar-refractivity contribution in [3.8, 4) is 0 Å². The van der Waals surface area contributed by atoms with E-state index in [1.54, 1.807) is 0 Å². The molecule has 0 aliphatic heterocycles. The number of hydrogen-bond acceptors (Lipinski definition) is 3. The van der Waals surface area contributed by atoms with Crippen LogP contribution in [0.25, 0.3) is 10.8 Å². The van der Waals surface area contributed by atoms with Gasteiger partial charge in [0.1, 0.15) is 0 Å². The van der Waals surface area contributed by atoms with Crippen molar-refractivity contribution in [2.75, 3.05) is 7.05 Å². The molecule has 1 N–H and O–H groups in total. The average Bonchev–Trinajstić information content (AvgIpc) is 2.67. The molecule has 29 heavy (non-hydrogen) atoms. The van der Waals surface area contributed by atoms with Crippen LogP contribution in [0.2, 0.25) is 0 Å². The SMILES string of the molecule is C[C@@H](c1n[nH]c(=O)c2cc(F)c(F)cc12)N(C)C(=O)c1ccc(C(F)(F)F)cc1. The third-order valence-corrected chi connectivity index (χ3v) is 4.62. The molecule has 10 heteroatoms. The Bertz CT molecular complexity index is 1140. The van der Waals surface area contributed by atoms with E-state index in [2.05, 4.69) is 10.2 Å². The molecule has 2 aromatic carbocycles. The molecular formula is C19H14F5N3O2. The maximum Gasteiger partial charge on any atom is 0.416 e. The summed E-state index contributed by atoms with van der Waals surface area (Å²) in [5.74, 6) is -3.01. The number of benzene rings is 2. The monoisotopic (exact) mass is 411 g/mol. The van der Waals surface area contributed by atoms with Gasteiger partial charge in [0.05, 0.1) is 22.7 Å². The summed E-state index contributed by atoms with van der Waals surface area (Å²) in [7, 11) is 1.38. The summed E-state index contributed by atoms with van der Waals surface area (Å²) in [5.41, 5.74) is -1.53. The number of alkyl halides is 3. The third-order valence-electron chi connectivity index (χ3n) is 4.62. The number of amides is 1. The summed E-state index contributed by atoms with van der Waals surface area (Å²) >= 11 is 0. The molecule has 1 aromatic heterocycles. The molecule has 1 amide bonds. The van der Waals surface area contributed by atoms with Crippen LogP contribution in [-0.2, 0) is 6.18 Å². The van der Waals surface area contributed by atoms with E-state index >= 15 is 0 Å². The molecule has 152 valence electrons. The maximum atomic E-state index is 13.7. The molecule has 0 saturated carbocycles. The highest BCUT2D eigenvalue weighted by atomic mass is 19.4.